The van der Waals surface area contributed by atoms with Crippen LogP contribution >= 0.6 is 0 Å². The lowest BCUT2D eigenvalue weighted by Gasteiger charge is -2.30. The Morgan fingerprint density at radius 2 is 2.06 bits per heavy atom. The molecular formula is C12H25N3O. The van der Waals surface area contributed by atoms with Crippen molar-refractivity contribution >= 4 is 5.91 Å². The zero-order valence-electron chi connectivity index (χ0n) is 10.8. The Bertz CT molecular complexity index is 210. The summed E-state index contributed by atoms with van der Waals surface area (Å²) >= 11 is 0. The molecule has 0 aliphatic carbocycles. The van der Waals surface area contributed by atoms with Crippen LogP contribution in [0.15, 0.2) is 0 Å². The molecule has 0 spiro atoms. The molecule has 0 aromatic heterocycles. The fourth-order valence-electron chi connectivity index (χ4n) is 2.18. The molecule has 1 rings (SSSR count). The molecule has 0 saturated carbocycles. The maximum absolute atomic E-state index is 11.7. The Morgan fingerprint density at radius 1 is 1.31 bits per heavy atom. The maximum atomic E-state index is 11.7. The van der Waals surface area contributed by atoms with Crippen LogP contribution in [-0.2, 0) is 4.79 Å². The number of hydrogen-bond acceptors (Lipinski definition) is 3. The van der Waals surface area contributed by atoms with Gasteiger partial charge in [0.1, 0.15) is 0 Å². The van der Waals surface area contributed by atoms with E-state index in [1.807, 2.05) is 14.1 Å². The first-order valence-corrected chi connectivity index (χ1v) is 6.30. The largest absolute Gasteiger partial charge is 0.348 e. The lowest BCUT2D eigenvalue weighted by Crippen LogP contribution is -2.42. The van der Waals surface area contributed by atoms with Crippen molar-refractivity contribution in [3.05, 3.63) is 0 Å². The Labute approximate surface area is 99.0 Å². The van der Waals surface area contributed by atoms with Gasteiger partial charge in [0.05, 0.1) is 6.54 Å². The van der Waals surface area contributed by atoms with Crippen molar-refractivity contribution in [3.8, 4) is 0 Å². The van der Waals surface area contributed by atoms with Gasteiger partial charge < -0.3 is 10.2 Å². The number of nitrogens with one attached hydrogen (secondary N) is 1. The average Bonchev–Trinajstić information content (AvgIpc) is 2.53. The Hall–Kier alpha value is -0.610. The summed E-state index contributed by atoms with van der Waals surface area (Å²) in [5.74, 6) is 0.207. The molecule has 1 aliphatic heterocycles. The summed E-state index contributed by atoms with van der Waals surface area (Å²) < 4.78 is 0. The van der Waals surface area contributed by atoms with Crippen molar-refractivity contribution in [3.63, 3.8) is 0 Å². The van der Waals surface area contributed by atoms with Gasteiger partial charge in [-0.3, -0.25) is 9.69 Å². The van der Waals surface area contributed by atoms with Crippen LogP contribution in [0.2, 0.25) is 0 Å². The minimum atomic E-state index is 0.207. The van der Waals surface area contributed by atoms with Crippen molar-refractivity contribution in [2.45, 2.75) is 32.2 Å². The number of carbonyl (C=O) groups is 1. The number of likely N-dealkylation sites (N-methyl/N-ethyl adjacent to an activating group) is 2. The van der Waals surface area contributed by atoms with Gasteiger partial charge in [0.25, 0.3) is 0 Å². The molecule has 1 amide bonds. The molecule has 94 valence electrons. The summed E-state index contributed by atoms with van der Waals surface area (Å²) in [6, 6.07) is 0.573. The van der Waals surface area contributed by atoms with E-state index in [9.17, 15) is 4.79 Å². The molecule has 16 heavy (non-hydrogen) atoms. The van der Waals surface area contributed by atoms with Crippen molar-refractivity contribution in [1.29, 1.82) is 0 Å². The van der Waals surface area contributed by atoms with E-state index in [0.717, 1.165) is 26.1 Å². The molecule has 4 nitrogen and oxygen atoms in total. The van der Waals surface area contributed by atoms with Crippen LogP contribution < -0.4 is 5.32 Å². The summed E-state index contributed by atoms with van der Waals surface area (Å²) in [5.41, 5.74) is 0. The second-order valence-corrected chi connectivity index (χ2v) is 4.69. The molecule has 0 aromatic carbocycles. The van der Waals surface area contributed by atoms with Gasteiger partial charge in [-0.1, -0.05) is 6.92 Å². The first-order valence-electron chi connectivity index (χ1n) is 6.30. The Kier molecular flexibility index (Phi) is 5.77. The maximum Gasteiger partial charge on any atom is 0.236 e. The molecule has 0 radical (unpaired) electrons. The van der Waals surface area contributed by atoms with Crippen molar-refractivity contribution in [2.24, 2.45) is 0 Å². The average molecular weight is 227 g/mol. The summed E-state index contributed by atoms with van der Waals surface area (Å²) in [7, 11) is 3.65. The van der Waals surface area contributed by atoms with Gasteiger partial charge in [0.15, 0.2) is 0 Å². The summed E-state index contributed by atoms with van der Waals surface area (Å²) in [6.45, 7) is 5.87. The fourth-order valence-corrected chi connectivity index (χ4v) is 2.18. The second-order valence-electron chi connectivity index (χ2n) is 4.69. The normalized spacial score (nSPS) is 21.9. The van der Waals surface area contributed by atoms with Gasteiger partial charge in [-0.2, -0.15) is 0 Å². The molecule has 1 fully saturated rings. The lowest BCUT2D eigenvalue weighted by atomic mass is 10.1. The molecular weight excluding hydrogens is 202 g/mol. The third-order valence-electron chi connectivity index (χ3n) is 3.30. The van der Waals surface area contributed by atoms with Gasteiger partial charge in [-0.25, -0.2) is 0 Å². The molecule has 4 heteroatoms. The van der Waals surface area contributed by atoms with E-state index in [-0.39, 0.29) is 5.91 Å². The molecule has 1 N–H and O–H groups in total. The highest BCUT2D eigenvalue weighted by Crippen LogP contribution is 2.13. The van der Waals surface area contributed by atoms with Gasteiger partial charge in [0.2, 0.25) is 5.91 Å². The SMILES string of the molecule is CCN(CC(=O)N(C)C)C1CCCNCC1. The monoisotopic (exact) mass is 227 g/mol. The zero-order valence-corrected chi connectivity index (χ0v) is 10.8. The van der Waals surface area contributed by atoms with Gasteiger partial charge >= 0.3 is 0 Å². The van der Waals surface area contributed by atoms with E-state index in [2.05, 4.69) is 17.1 Å². The topological polar surface area (TPSA) is 35.6 Å². The summed E-state index contributed by atoms with van der Waals surface area (Å²) in [6.07, 6.45) is 3.59. The molecule has 1 saturated heterocycles. The lowest BCUT2D eigenvalue weighted by molar-refractivity contribution is -0.130. The predicted molar refractivity (Wildman–Crippen MR) is 66.4 cm³/mol. The number of amides is 1. The van der Waals surface area contributed by atoms with Crippen LogP contribution in [0.4, 0.5) is 0 Å². The third kappa shape index (κ3) is 4.10. The molecule has 1 aliphatic rings. The van der Waals surface area contributed by atoms with E-state index >= 15 is 0 Å². The number of carbonyl (C=O) groups excluding carboxylic acids is 1. The van der Waals surface area contributed by atoms with Crippen LogP contribution in [0.25, 0.3) is 0 Å². The van der Waals surface area contributed by atoms with Gasteiger partial charge in [-0.15, -0.1) is 0 Å². The summed E-state index contributed by atoms with van der Waals surface area (Å²) in [4.78, 5) is 15.7. The van der Waals surface area contributed by atoms with E-state index in [4.69, 9.17) is 0 Å². The predicted octanol–water partition coefficient (Wildman–Crippen LogP) is 0.539. The summed E-state index contributed by atoms with van der Waals surface area (Å²) in [5, 5.41) is 3.41. The molecule has 0 aromatic rings. The molecule has 0 bridgehead atoms. The highest BCUT2D eigenvalue weighted by molar-refractivity contribution is 5.77. The van der Waals surface area contributed by atoms with E-state index < -0.39 is 0 Å². The number of nitrogens with zero attached hydrogens (tertiary/aromatic N) is 2. The first-order chi connectivity index (χ1) is 7.65. The zero-order chi connectivity index (χ0) is 12.0. The number of hydrogen-bond donors (Lipinski definition) is 1. The quantitative estimate of drug-likeness (QED) is 0.761. The van der Waals surface area contributed by atoms with Gasteiger partial charge in [-0.05, 0) is 38.9 Å². The minimum absolute atomic E-state index is 0.207. The van der Waals surface area contributed by atoms with Crippen molar-refractivity contribution in [1.82, 2.24) is 15.1 Å². The van der Waals surface area contributed by atoms with Gasteiger partial charge in [0, 0.05) is 20.1 Å². The van der Waals surface area contributed by atoms with Crippen LogP contribution in [0, 0.1) is 0 Å². The highest BCUT2D eigenvalue weighted by atomic mass is 16.2. The molecule has 1 heterocycles. The van der Waals surface area contributed by atoms with Crippen molar-refractivity contribution < 1.29 is 4.79 Å². The van der Waals surface area contributed by atoms with E-state index in [1.165, 1.54) is 12.8 Å². The number of rotatable bonds is 4. The standard InChI is InChI=1S/C12H25N3O/c1-4-15(10-12(16)14(2)3)11-6-5-8-13-9-7-11/h11,13H,4-10H2,1-3H3. The van der Waals surface area contributed by atoms with Crippen LogP contribution in [-0.4, -0.2) is 62.0 Å². The Morgan fingerprint density at radius 3 is 2.69 bits per heavy atom. The van der Waals surface area contributed by atoms with E-state index in [0.29, 0.717) is 12.6 Å². The third-order valence-corrected chi connectivity index (χ3v) is 3.30. The van der Waals surface area contributed by atoms with Crippen LogP contribution in [0.3, 0.4) is 0 Å². The molecule has 1 unspecified atom stereocenters. The minimum Gasteiger partial charge on any atom is -0.348 e. The Balaban J connectivity index is 2.48. The first kappa shape index (κ1) is 13.5. The van der Waals surface area contributed by atoms with Crippen molar-refractivity contribution in [2.75, 3.05) is 40.3 Å². The second kappa shape index (κ2) is 6.86. The smallest absolute Gasteiger partial charge is 0.236 e. The van der Waals surface area contributed by atoms with Crippen LogP contribution in [0.1, 0.15) is 26.2 Å². The highest BCUT2D eigenvalue weighted by Gasteiger charge is 2.21. The fraction of sp³-hybridized carbons (Fsp3) is 0.917. The van der Waals surface area contributed by atoms with Crippen LogP contribution in [0.5, 0.6) is 0 Å². The molecule has 1 atom stereocenters. The van der Waals surface area contributed by atoms with E-state index in [1.54, 1.807) is 4.90 Å².